The third-order valence-electron chi connectivity index (χ3n) is 4.37. The molecule has 1 atom stereocenters. The number of likely N-dealkylation sites (tertiary alicyclic amines) is 1. The van der Waals surface area contributed by atoms with E-state index in [1.807, 2.05) is 35.2 Å². The molecular weight excluding hydrogens is 350 g/mol. The summed E-state index contributed by atoms with van der Waals surface area (Å²) in [5, 5.41) is 8.33. The van der Waals surface area contributed by atoms with Crippen LogP contribution in [0.15, 0.2) is 58.3 Å². The normalized spacial score (nSPS) is 15.3. The first-order chi connectivity index (χ1) is 12.7. The molecule has 0 unspecified atom stereocenters. The first-order valence-electron chi connectivity index (χ1n) is 8.49. The van der Waals surface area contributed by atoms with Crippen molar-refractivity contribution in [2.75, 3.05) is 18.9 Å². The van der Waals surface area contributed by atoms with Crippen LogP contribution in [0.3, 0.4) is 0 Å². The van der Waals surface area contributed by atoms with Crippen molar-refractivity contribution < 1.29 is 9.21 Å². The van der Waals surface area contributed by atoms with E-state index in [-0.39, 0.29) is 5.91 Å². The molecule has 8 heteroatoms. The highest BCUT2D eigenvalue weighted by molar-refractivity contribution is 8.00. The number of carbonyl (C=O) groups excluding carboxylic acids is 1. The fraction of sp³-hybridized carbons (Fsp3) is 0.278. The lowest BCUT2D eigenvalue weighted by Gasteiger charge is -2.22. The van der Waals surface area contributed by atoms with E-state index in [1.54, 1.807) is 18.4 Å². The summed E-state index contributed by atoms with van der Waals surface area (Å²) in [4.78, 5) is 15.0. The molecule has 1 saturated heterocycles. The van der Waals surface area contributed by atoms with Crippen LogP contribution < -0.4 is 5.84 Å². The number of nitrogen functional groups attached to an aromatic ring is 1. The third-order valence-corrected chi connectivity index (χ3v) is 5.57. The van der Waals surface area contributed by atoms with Crippen LogP contribution in [0.4, 0.5) is 0 Å². The van der Waals surface area contributed by atoms with Crippen molar-refractivity contribution in [3.63, 3.8) is 0 Å². The maximum atomic E-state index is 13.1. The molecule has 3 aromatic rings. The van der Waals surface area contributed by atoms with Crippen LogP contribution in [0.2, 0.25) is 0 Å². The van der Waals surface area contributed by atoms with Gasteiger partial charge in [-0.1, -0.05) is 42.1 Å². The quantitative estimate of drug-likeness (QED) is 0.549. The van der Waals surface area contributed by atoms with Gasteiger partial charge in [-0.25, -0.2) is 4.68 Å². The molecule has 7 nitrogen and oxygen atoms in total. The molecule has 0 spiro atoms. The van der Waals surface area contributed by atoms with Crippen molar-refractivity contribution in [2.45, 2.75) is 23.2 Å². The Labute approximate surface area is 155 Å². The predicted octanol–water partition coefficient (Wildman–Crippen LogP) is 2.71. The highest BCUT2D eigenvalue weighted by atomic mass is 32.2. The van der Waals surface area contributed by atoms with E-state index >= 15 is 0 Å². The Balaban J connectivity index is 1.64. The van der Waals surface area contributed by atoms with E-state index in [4.69, 9.17) is 10.3 Å². The average Bonchev–Trinajstić information content (AvgIpc) is 3.42. The summed E-state index contributed by atoms with van der Waals surface area (Å²) >= 11 is 1.31. The van der Waals surface area contributed by atoms with Crippen molar-refractivity contribution in [1.82, 2.24) is 19.8 Å². The van der Waals surface area contributed by atoms with Gasteiger partial charge in [0, 0.05) is 13.1 Å². The lowest BCUT2D eigenvalue weighted by molar-refractivity contribution is -0.129. The van der Waals surface area contributed by atoms with Gasteiger partial charge in [-0.05, 0) is 30.5 Å². The van der Waals surface area contributed by atoms with Crippen molar-refractivity contribution in [3.8, 4) is 11.6 Å². The van der Waals surface area contributed by atoms with Gasteiger partial charge in [0.2, 0.25) is 16.9 Å². The van der Waals surface area contributed by atoms with Gasteiger partial charge < -0.3 is 15.2 Å². The summed E-state index contributed by atoms with van der Waals surface area (Å²) in [6, 6.07) is 13.2. The van der Waals surface area contributed by atoms with Gasteiger partial charge >= 0.3 is 0 Å². The van der Waals surface area contributed by atoms with Crippen molar-refractivity contribution in [3.05, 3.63) is 54.3 Å². The maximum Gasteiger partial charge on any atom is 0.240 e. The number of hydrogen-bond donors (Lipinski definition) is 1. The molecule has 2 N–H and O–H groups in total. The van der Waals surface area contributed by atoms with Crippen LogP contribution in [0.5, 0.6) is 0 Å². The minimum Gasteiger partial charge on any atom is -0.461 e. The summed E-state index contributed by atoms with van der Waals surface area (Å²) in [6.07, 6.45) is 3.65. The topological polar surface area (TPSA) is 90.2 Å². The van der Waals surface area contributed by atoms with Crippen molar-refractivity contribution in [1.29, 1.82) is 0 Å². The van der Waals surface area contributed by atoms with E-state index in [1.165, 1.54) is 16.4 Å². The van der Waals surface area contributed by atoms with Crippen molar-refractivity contribution >= 4 is 17.7 Å². The molecule has 0 radical (unpaired) electrons. The zero-order valence-electron chi connectivity index (χ0n) is 14.1. The molecule has 134 valence electrons. The fourth-order valence-electron chi connectivity index (χ4n) is 3.03. The molecule has 1 aromatic carbocycles. The minimum absolute atomic E-state index is 0.0845. The number of rotatable bonds is 5. The second-order valence-electron chi connectivity index (χ2n) is 6.09. The molecule has 1 aliphatic rings. The average molecular weight is 369 g/mol. The Hall–Kier alpha value is -2.74. The van der Waals surface area contributed by atoms with Gasteiger partial charge in [0.15, 0.2) is 5.76 Å². The number of carbonyl (C=O) groups is 1. The Kier molecular flexibility index (Phi) is 4.66. The van der Waals surface area contributed by atoms with Crippen LogP contribution in [0.1, 0.15) is 23.7 Å². The number of amides is 1. The molecule has 0 bridgehead atoms. The predicted molar refractivity (Wildman–Crippen MR) is 98.7 cm³/mol. The number of furan rings is 1. The molecule has 0 aliphatic carbocycles. The van der Waals surface area contributed by atoms with E-state index in [9.17, 15) is 4.79 Å². The molecule has 0 saturated carbocycles. The number of nitrogens with zero attached hydrogens (tertiary/aromatic N) is 4. The highest BCUT2D eigenvalue weighted by Gasteiger charge is 2.30. The van der Waals surface area contributed by atoms with Crippen LogP contribution >= 0.6 is 11.8 Å². The second kappa shape index (κ2) is 7.25. The van der Waals surface area contributed by atoms with Gasteiger partial charge in [-0.15, -0.1) is 10.2 Å². The van der Waals surface area contributed by atoms with E-state index in [0.717, 1.165) is 31.5 Å². The molecule has 2 aromatic heterocycles. The summed E-state index contributed by atoms with van der Waals surface area (Å²) in [6.45, 7) is 1.60. The van der Waals surface area contributed by atoms with Gasteiger partial charge in [0.25, 0.3) is 0 Å². The van der Waals surface area contributed by atoms with Gasteiger partial charge in [0.05, 0.1) is 6.26 Å². The Morgan fingerprint density at radius 3 is 2.58 bits per heavy atom. The third kappa shape index (κ3) is 3.20. The summed E-state index contributed by atoms with van der Waals surface area (Å²) in [5.41, 5.74) is 0.928. The summed E-state index contributed by atoms with van der Waals surface area (Å²) in [5.74, 6) is 7.21. The first kappa shape index (κ1) is 16.7. The standard InChI is InChI=1S/C18H19N5O2S/c19-23-16(14-9-6-12-25-14)20-21-18(23)26-15(13-7-2-1-3-8-13)17(24)22-10-4-5-11-22/h1-3,6-9,12,15H,4-5,10-11,19H2/t15-/m1/s1. The molecule has 1 aliphatic heterocycles. The number of hydrogen-bond acceptors (Lipinski definition) is 6. The van der Waals surface area contributed by atoms with E-state index in [0.29, 0.717) is 16.7 Å². The SMILES string of the molecule is Nn1c(S[C@@H](C(=O)N2CCCC2)c2ccccc2)nnc1-c1ccco1. The van der Waals surface area contributed by atoms with Crippen LogP contribution in [0.25, 0.3) is 11.6 Å². The Morgan fingerprint density at radius 1 is 1.12 bits per heavy atom. The zero-order valence-corrected chi connectivity index (χ0v) is 14.9. The summed E-state index contributed by atoms with van der Waals surface area (Å²) < 4.78 is 6.72. The Bertz CT molecular complexity index is 872. The molecule has 26 heavy (non-hydrogen) atoms. The molecule has 1 amide bonds. The van der Waals surface area contributed by atoms with E-state index in [2.05, 4.69) is 10.2 Å². The van der Waals surface area contributed by atoms with Crippen LogP contribution in [-0.4, -0.2) is 38.8 Å². The fourth-order valence-corrected chi connectivity index (χ4v) is 4.07. The Morgan fingerprint density at radius 2 is 1.88 bits per heavy atom. The van der Waals surface area contributed by atoms with Gasteiger partial charge in [-0.3, -0.25) is 4.79 Å². The second-order valence-corrected chi connectivity index (χ2v) is 7.17. The largest absolute Gasteiger partial charge is 0.461 e. The van der Waals surface area contributed by atoms with E-state index < -0.39 is 5.25 Å². The number of benzene rings is 1. The monoisotopic (exact) mass is 369 g/mol. The van der Waals surface area contributed by atoms with Gasteiger partial charge in [-0.2, -0.15) is 0 Å². The van der Waals surface area contributed by atoms with Crippen LogP contribution in [-0.2, 0) is 4.79 Å². The minimum atomic E-state index is -0.412. The lowest BCUT2D eigenvalue weighted by atomic mass is 10.1. The molecule has 3 heterocycles. The number of nitrogens with two attached hydrogens (primary N) is 1. The zero-order chi connectivity index (χ0) is 17.9. The molecule has 4 rings (SSSR count). The van der Waals surface area contributed by atoms with Crippen LogP contribution in [0, 0.1) is 0 Å². The smallest absolute Gasteiger partial charge is 0.240 e. The summed E-state index contributed by atoms with van der Waals surface area (Å²) in [7, 11) is 0. The maximum absolute atomic E-state index is 13.1. The molecule has 1 fully saturated rings. The first-order valence-corrected chi connectivity index (χ1v) is 9.37. The van der Waals surface area contributed by atoms with Gasteiger partial charge in [0.1, 0.15) is 5.25 Å². The highest BCUT2D eigenvalue weighted by Crippen LogP contribution is 2.37. The van der Waals surface area contributed by atoms with Crippen molar-refractivity contribution in [2.24, 2.45) is 0 Å². The lowest BCUT2D eigenvalue weighted by Crippen LogP contribution is -2.31. The number of thioether (sulfide) groups is 1. The number of aromatic nitrogens is 3. The molecular formula is C18H19N5O2S.